The molecule has 3 aromatic rings. The van der Waals surface area contributed by atoms with Crippen LogP contribution >= 0.6 is 0 Å². The minimum atomic E-state index is -0.226. The third-order valence-corrected chi connectivity index (χ3v) is 5.70. The zero-order valence-electron chi connectivity index (χ0n) is 18.6. The van der Waals surface area contributed by atoms with E-state index in [1.807, 2.05) is 66.7 Å². The second-order valence-electron chi connectivity index (χ2n) is 7.57. The van der Waals surface area contributed by atoms with Gasteiger partial charge in [-0.25, -0.2) is 0 Å². The van der Waals surface area contributed by atoms with Crippen LogP contribution in [0.25, 0.3) is 5.76 Å². The fourth-order valence-corrected chi connectivity index (χ4v) is 4.12. The molecule has 5 nitrogen and oxygen atoms in total. The third kappa shape index (κ3) is 4.05. The van der Waals surface area contributed by atoms with Crippen molar-refractivity contribution in [1.82, 2.24) is 0 Å². The van der Waals surface area contributed by atoms with Gasteiger partial charge in [0.15, 0.2) is 11.5 Å². The minimum Gasteiger partial charge on any atom is -0.493 e. The first-order chi connectivity index (χ1) is 16.1. The van der Waals surface area contributed by atoms with Gasteiger partial charge in [0.25, 0.3) is 0 Å². The molecule has 162 valence electrons. The highest BCUT2D eigenvalue weighted by Gasteiger charge is 2.32. The van der Waals surface area contributed by atoms with E-state index in [0.717, 1.165) is 33.6 Å². The van der Waals surface area contributed by atoms with Crippen LogP contribution in [0.15, 0.2) is 84.0 Å². The van der Waals surface area contributed by atoms with Crippen molar-refractivity contribution >= 4 is 5.76 Å². The lowest BCUT2D eigenvalue weighted by Gasteiger charge is -2.31. The van der Waals surface area contributed by atoms with Crippen LogP contribution < -0.4 is 14.2 Å². The molecule has 1 atom stereocenters. The maximum atomic E-state index is 9.53. The molecule has 1 aliphatic rings. The SMILES string of the molecule is COc1ccc(C2=C(C=C(C#N)C#N)[C@@H](c3ccccc3C)c3ccccc3O2)cc1OC. The summed E-state index contributed by atoms with van der Waals surface area (Å²) in [6, 6.07) is 25.5. The van der Waals surface area contributed by atoms with E-state index in [-0.39, 0.29) is 11.5 Å². The number of aryl methyl sites for hydroxylation is 1. The number of ether oxygens (including phenoxy) is 3. The highest BCUT2D eigenvalue weighted by Crippen LogP contribution is 2.47. The lowest BCUT2D eigenvalue weighted by molar-refractivity contribution is 0.354. The maximum Gasteiger partial charge on any atom is 0.161 e. The van der Waals surface area contributed by atoms with E-state index in [0.29, 0.717) is 17.3 Å². The molecule has 0 aliphatic carbocycles. The van der Waals surface area contributed by atoms with E-state index >= 15 is 0 Å². The fourth-order valence-electron chi connectivity index (χ4n) is 4.12. The molecule has 0 radical (unpaired) electrons. The molecule has 0 bridgehead atoms. The molecule has 0 N–H and O–H groups in total. The first-order valence-corrected chi connectivity index (χ1v) is 10.4. The summed E-state index contributed by atoms with van der Waals surface area (Å²) >= 11 is 0. The van der Waals surface area contributed by atoms with E-state index in [9.17, 15) is 10.5 Å². The van der Waals surface area contributed by atoms with E-state index in [4.69, 9.17) is 14.2 Å². The average Bonchev–Trinajstić information content (AvgIpc) is 2.86. The number of allylic oxidation sites excluding steroid dienone is 3. The van der Waals surface area contributed by atoms with Gasteiger partial charge in [-0.1, -0.05) is 42.5 Å². The number of benzene rings is 3. The fraction of sp³-hybridized carbons (Fsp3) is 0.143. The molecular formula is C28H22N2O3. The van der Waals surface area contributed by atoms with Crippen LogP contribution in [0, 0.1) is 29.6 Å². The second kappa shape index (κ2) is 9.34. The molecule has 3 aromatic carbocycles. The molecule has 0 unspecified atom stereocenters. The van der Waals surface area contributed by atoms with Crippen molar-refractivity contribution in [2.75, 3.05) is 14.2 Å². The van der Waals surface area contributed by atoms with Crippen molar-refractivity contribution in [3.63, 3.8) is 0 Å². The van der Waals surface area contributed by atoms with Crippen molar-refractivity contribution in [1.29, 1.82) is 10.5 Å². The summed E-state index contributed by atoms with van der Waals surface area (Å²) < 4.78 is 17.3. The topological polar surface area (TPSA) is 75.3 Å². The monoisotopic (exact) mass is 434 g/mol. The molecule has 0 aromatic heterocycles. The Morgan fingerprint density at radius 1 is 0.879 bits per heavy atom. The summed E-state index contributed by atoms with van der Waals surface area (Å²) in [6.07, 6.45) is 1.62. The van der Waals surface area contributed by atoms with Gasteiger partial charge in [-0.3, -0.25) is 0 Å². The lowest BCUT2D eigenvalue weighted by atomic mass is 9.79. The summed E-state index contributed by atoms with van der Waals surface area (Å²) in [4.78, 5) is 0. The highest BCUT2D eigenvalue weighted by atomic mass is 16.5. The van der Waals surface area contributed by atoms with Crippen molar-refractivity contribution in [2.24, 2.45) is 0 Å². The van der Waals surface area contributed by atoms with Crippen LogP contribution in [0.4, 0.5) is 0 Å². The molecular weight excluding hydrogens is 412 g/mol. The van der Waals surface area contributed by atoms with Gasteiger partial charge in [-0.15, -0.1) is 0 Å². The normalized spacial score (nSPS) is 14.3. The van der Waals surface area contributed by atoms with E-state index in [1.165, 1.54) is 0 Å². The van der Waals surface area contributed by atoms with Crippen LogP contribution in [-0.4, -0.2) is 14.2 Å². The summed E-state index contributed by atoms with van der Waals surface area (Å²) in [7, 11) is 3.16. The predicted octanol–water partition coefficient (Wildman–Crippen LogP) is 5.92. The largest absolute Gasteiger partial charge is 0.493 e. The third-order valence-electron chi connectivity index (χ3n) is 5.70. The smallest absolute Gasteiger partial charge is 0.161 e. The van der Waals surface area contributed by atoms with Gasteiger partial charge in [0.05, 0.1) is 14.2 Å². The van der Waals surface area contributed by atoms with Crippen LogP contribution in [0.2, 0.25) is 0 Å². The summed E-state index contributed by atoms with van der Waals surface area (Å²) in [6.45, 7) is 2.06. The number of nitrogens with zero attached hydrogens (tertiary/aromatic N) is 2. The summed E-state index contributed by atoms with van der Waals surface area (Å²) in [5.74, 6) is 2.21. The Hall–Kier alpha value is -4.48. The first kappa shape index (κ1) is 21.7. The van der Waals surface area contributed by atoms with E-state index < -0.39 is 0 Å². The predicted molar refractivity (Wildman–Crippen MR) is 126 cm³/mol. The highest BCUT2D eigenvalue weighted by molar-refractivity contribution is 5.77. The van der Waals surface area contributed by atoms with Crippen LogP contribution in [0.1, 0.15) is 28.2 Å². The van der Waals surface area contributed by atoms with Gasteiger partial charge in [0, 0.05) is 22.6 Å². The van der Waals surface area contributed by atoms with Gasteiger partial charge in [0.2, 0.25) is 0 Å². The quantitative estimate of drug-likeness (QED) is 0.466. The van der Waals surface area contributed by atoms with Crippen molar-refractivity contribution < 1.29 is 14.2 Å². The molecule has 0 saturated carbocycles. The zero-order chi connectivity index (χ0) is 23.4. The Bertz CT molecular complexity index is 1340. The number of fused-ring (bicyclic) bond motifs is 1. The number of para-hydroxylation sites is 1. The van der Waals surface area contributed by atoms with Crippen LogP contribution in [-0.2, 0) is 0 Å². The van der Waals surface area contributed by atoms with E-state index in [1.54, 1.807) is 20.3 Å². The Labute approximate surface area is 193 Å². The van der Waals surface area contributed by atoms with Gasteiger partial charge in [0.1, 0.15) is 29.2 Å². The van der Waals surface area contributed by atoms with Gasteiger partial charge in [-0.2, -0.15) is 10.5 Å². The molecule has 5 heteroatoms. The molecule has 0 spiro atoms. The molecule has 0 amide bonds. The molecule has 0 fully saturated rings. The maximum absolute atomic E-state index is 9.53. The number of methoxy groups -OCH3 is 2. The Morgan fingerprint density at radius 3 is 2.21 bits per heavy atom. The lowest BCUT2D eigenvalue weighted by Crippen LogP contribution is -2.16. The molecule has 33 heavy (non-hydrogen) atoms. The summed E-state index contributed by atoms with van der Waals surface area (Å²) in [5, 5.41) is 19.1. The van der Waals surface area contributed by atoms with E-state index in [2.05, 4.69) is 19.1 Å². The minimum absolute atomic E-state index is 0.00421. The number of nitriles is 2. The van der Waals surface area contributed by atoms with Crippen molar-refractivity contribution in [2.45, 2.75) is 12.8 Å². The Morgan fingerprint density at radius 2 is 1.55 bits per heavy atom. The van der Waals surface area contributed by atoms with Crippen molar-refractivity contribution in [3.05, 3.63) is 106 Å². The number of rotatable bonds is 5. The van der Waals surface area contributed by atoms with Gasteiger partial charge < -0.3 is 14.2 Å². The molecule has 4 rings (SSSR count). The standard InChI is InChI=1S/C28H22N2O3/c1-18-8-4-5-9-21(18)27-22-10-6-7-11-24(22)33-28(23(27)14-19(16-29)17-30)20-12-13-25(31-2)26(15-20)32-3/h4-15,27H,1-3H3/t27-/m0/s1. The Kier molecular flexibility index (Phi) is 6.15. The average molecular weight is 434 g/mol. The number of hydrogen-bond donors (Lipinski definition) is 0. The van der Waals surface area contributed by atoms with Crippen LogP contribution in [0.5, 0.6) is 17.2 Å². The number of hydrogen-bond acceptors (Lipinski definition) is 5. The molecule has 1 heterocycles. The summed E-state index contributed by atoms with van der Waals surface area (Å²) in [5.41, 5.74) is 4.64. The molecule has 0 saturated heterocycles. The van der Waals surface area contributed by atoms with Gasteiger partial charge >= 0.3 is 0 Å². The Balaban J connectivity index is 2.06. The van der Waals surface area contributed by atoms with Gasteiger partial charge in [-0.05, 0) is 48.4 Å². The zero-order valence-corrected chi connectivity index (χ0v) is 18.6. The van der Waals surface area contributed by atoms with Crippen LogP contribution in [0.3, 0.4) is 0 Å². The second-order valence-corrected chi connectivity index (χ2v) is 7.57. The van der Waals surface area contributed by atoms with Crippen molar-refractivity contribution in [3.8, 4) is 29.4 Å². The first-order valence-electron chi connectivity index (χ1n) is 10.4. The molecule has 1 aliphatic heterocycles.